The van der Waals surface area contributed by atoms with Crippen LogP contribution in [0.3, 0.4) is 0 Å². The van der Waals surface area contributed by atoms with E-state index in [9.17, 15) is 0 Å². The third-order valence-corrected chi connectivity index (χ3v) is 7.68. The summed E-state index contributed by atoms with van der Waals surface area (Å²) in [4.78, 5) is 1.55. The maximum absolute atomic E-state index is 4.61. The molecular formula is C23H23N3S2. The predicted molar refractivity (Wildman–Crippen MR) is 119 cm³/mol. The number of benzene rings is 2. The van der Waals surface area contributed by atoms with Crippen LogP contribution in [0.4, 0.5) is 0 Å². The lowest BCUT2D eigenvalue weighted by atomic mass is 9.96. The molecule has 1 aliphatic carbocycles. The molecule has 0 bridgehead atoms. The Morgan fingerprint density at radius 1 is 1.04 bits per heavy atom. The van der Waals surface area contributed by atoms with Gasteiger partial charge in [0.05, 0.1) is 0 Å². The molecule has 3 nitrogen and oxygen atoms in total. The first-order valence-electron chi connectivity index (χ1n) is 9.97. The van der Waals surface area contributed by atoms with Gasteiger partial charge in [0.25, 0.3) is 0 Å². The van der Waals surface area contributed by atoms with Crippen LogP contribution in [-0.2, 0) is 25.1 Å². The molecule has 4 aromatic rings. The zero-order valence-corrected chi connectivity index (χ0v) is 17.7. The number of aryl methyl sites for hydroxylation is 1. The fraction of sp³-hybridized carbons (Fsp3) is 0.304. The molecule has 142 valence electrons. The van der Waals surface area contributed by atoms with E-state index in [0.717, 1.165) is 23.3 Å². The van der Waals surface area contributed by atoms with Crippen molar-refractivity contribution < 1.29 is 0 Å². The number of aromatic nitrogens is 3. The van der Waals surface area contributed by atoms with Gasteiger partial charge in [0.2, 0.25) is 0 Å². The van der Waals surface area contributed by atoms with E-state index in [1.54, 1.807) is 16.6 Å². The molecular weight excluding hydrogens is 382 g/mol. The molecule has 0 amide bonds. The highest BCUT2D eigenvalue weighted by atomic mass is 32.2. The Morgan fingerprint density at radius 2 is 1.89 bits per heavy atom. The highest BCUT2D eigenvalue weighted by Crippen LogP contribution is 2.37. The monoisotopic (exact) mass is 405 g/mol. The van der Waals surface area contributed by atoms with Gasteiger partial charge in [-0.1, -0.05) is 54.2 Å². The van der Waals surface area contributed by atoms with Gasteiger partial charge in [-0.15, -0.1) is 21.5 Å². The van der Waals surface area contributed by atoms with E-state index in [1.807, 2.05) is 11.3 Å². The van der Waals surface area contributed by atoms with Gasteiger partial charge in [0, 0.05) is 28.1 Å². The molecule has 2 aromatic heterocycles. The molecule has 0 spiro atoms. The van der Waals surface area contributed by atoms with Gasteiger partial charge in [-0.2, -0.15) is 0 Å². The summed E-state index contributed by atoms with van der Waals surface area (Å²) in [7, 11) is 0. The third-order valence-electron chi connectivity index (χ3n) is 5.57. The minimum absolute atomic E-state index is 0.894. The fourth-order valence-electron chi connectivity index (χ4n) is 4.12. The fourth-order valence-corrected chi connectivity index (χ4v) is 6.25. The first kappa shape index (κ1) is 18.0. The standard InChI is InChI=1S/C23H23N3S2/c1-2-26-22(20-15-27-21-13-6-5-12-19(20)21)24-25-23(26)28-14-17-10-7-9-16-8-3-4-11-18(16)17/h3-4,7-11,15H,2,5-6,12-14H2,1H3. The minimum Gasteiger partial charge on any atom is -0.302 e. The molecule has 0 atom stereocenters. The Kier molecular flexibility index (Phi) is 4.95. The predicted octanol–water partition coefficient (Wildman–Crippen LogP) is 6.35. The molecule has 0 saturated carbocycles. The number of thiophene rings is 1. The van der Waals surface area contributed by atoms with Gasteiger partial charge in [0.15, 0.2) is 11.0 Å². The van der Waals surface area contributed by atoms with Crippen LogP contribution in [0.5, 0.6) is 0 Å². The molecule has 0 fully saturated rings. The van der Waals surface area contributed by atoms with Gasteiger partial charge >= 0.3 is 0 Å². The summed E-state index contributed by atoms with van der Waals surface area (Å²) in [6.45, 7) is 3.08. The Balaban J connectivity index is 1.45. The van der Waals surface area contributed by atoms with Gasteiger partial charge in [-0.05, 0) is 54.5 Å². The first-order valence-corrected chi connectivity index (χ1v) is 11.8. The summed E-state index contributed by atoms with van der Waals surface area (Å²) in [5, 5.41) is 15.1. The molecule has 5 rings (SSSR count). The van der Waals surface area contributed by atoms with Gasteiger partial charge < -0.3 is 4.57 Å². The van der Waals surface area contributed by atoms with Crippen molar-refractivity contribution >= 4 is 33.9 Å². The van der Waals surface area contributed by atoms with Crippen molar-refractivity contribution in [3.8, 4) is 11.4 Å². The van der Waals surface area contributed by atoms with Crippen molar-refractivity contribution in [1.29, 1.82) is 0 Å². The summed E-state index contributed by atoms with van der Waals surface area (Å²) >= 11 is 3.69. The molecule has 0 radical (unpaired) electrons. The summed E-state index contributed by atoms with van der Waals surface area (Å²) in [5.41, 5.74) is 4.18. The molecule has 1 aliphatic rings. The second kappa shape index (κ2) is 7.72. The van der Waals surface area contributed by atoms with Gasteiger partial charge in [-0.25, -0.2) is 0 Å². The zero-order chi connectivity index (χ0) is 18.9. The average Bonchev–Trinajstić information content (AvgIpc) is 3.35. The molecule has 2 aromatic carbocycles. The Hall–Kier alpha value is -2.11. The lowest BCUT2D eigenvalue weighted by Crippen LogP contribution is -2.03. The molecule has 28 heavy (non-hydrogen) atoms. The highest BCUT2D eigenvalue weighted by Gasteiger charge is 2.21. The number of thioether (sulfide) groups is 1. The van der Waals surface area contributed by atoms with E-state index in [2.05, 4.69) is 69.5 Å². The first-order chi connectivity index (χ1) is 13.8. The molecule has 5 heteroatoms. The molecule has 0 N–H and O–H groups in total. The minimum atomic E-state index is 0.894. The Morgan fingerprint density at radius 3 is 2.82 bits per heavy atom. The Labute approximate surface area is 173 Å². The highest BCUT2D eigenvalue weighted by molar-refractivity contribution is 7.98. The molecule has 0 unspecified atom stereocenters. The maximum Gasteiger partial charge on any atom is 0.191 e. The van der Waals surface area contributed by atoms with Crippen LogP contribution in [0.2, 0.25) is 0 Å². The van der Waals surface area contributed by atoms with Crippen molar-refractivity contribution in [2.75, 3.05) is 0 Å². The number of fused-ring (bicyclic) bond motifs is 2. The van der Waals surface area contributed by atoms with E-state index in [1.165, 1.54) is 53.1 Å². The molecule has 2 heterocycles. The van der Waals surface area contributed by atoms with E-state index in [4.69, 9.17) is 0 Å². The van der Waals surface area contributed by atoms with Crippen LogP contribution in [0.25, 0.3) is 22.2 Å². The number of hydrogen-bond acceptors (Lipinski definition) is 4. The SMILES string of the molecule is CCn1c(SCc2cccc3ccccc23)nnc1-c1csc2c1CCCC2. The summed E-state index contributed by atoms with van der Waals surface area (Å²) < 4.78 is 2.28. The van der Waals surface area contributed by atoms with Crippen LogP contribution in [0, 0.1) is 0 Å². The summed E-state index contributed by atoms with van der Waals surface area (Å²) in [5.74, 6) is 1.95. The van der Waals surface area contributed by atoms with Crippen molar-refractivity contribution in [2.24, 2.45) is 0 Å². The van der Waals surface area contributed by atoms with E-state index < -0.39 is 0 Å². The number of nitrogens with zero attached hydrogens (tertiary/aromatic N) is 3. The number of hydrogen-bond donors (Lipinski definition) is 0. The third kappa shape index (κ3) is 3.16. The van der Waals surface area contributed by atoms with Crippen molar-refractivity contribution in [3.05, 3.63) is 63.8 Å². The van der Waals surface area contributed by atoms with Crippen LogP contribution in [-0.4, -0.2) is 14.8 Å². The quantitative estimate of drug-likeness (QED) is 0.362. The number of rotatable bonds is 5. The zero-order valence-electron chi connectivity index (χ0n) is 16.0. The largest absolute Gasteiger partial charge is 0.302 e. The summed E-state index contributed by atoms with van der Waals surface area (Å²) in [6.07, 6.45) is 5.02. The van der Waals surface area contributed by atoms with Crippen LogP contribution < -0.4 is 0 Å². The van der Waals surface area contributed by atoms with E-state index in [-0.39, 0.29) is 0 Å². The van der Waals surface area contributed by atoms with E-state index in [0.29, 0.717) is 0 Å². The van der Waals surface area contributed by atoms with Crippen LogP contribution >= 0.6 is 23.1 Å². The van der Waals surface area contributed by atoms with Crippen LogP contribution in [0.15, 0.2) is 53.0 Å². The van der Waals surface area contributed by atoms with Gasteiger partial charge in [0.1, 0.15) is 0 Å². The van der Waals surface area contributed by atoms with Crippen molar-refractivity contribution in [1.82, 2.24) is 14.8 Å². The smallest absolute Gasteiger partial charge is 0.191 e. The maximum atomic E-state index is 4.61. The molecule has 0 aliphatic heterocycles. The second-order valence-corrected chi connectivity index (χ2v) is 9.14. The lowest BCUT2D eigenvalue weighted by molar-refractivity contribution is 0.680. The normalized spacial score (nSPS) is 13.8. The topological polar surface area (TPSA) is 30.7 Å². The summed E-state index contributed by atoms with van der Waals surface area (Å²) in [6, 6.07) is 15.1. The van der Waals surface area contributed by atoms with Crippen molar-refractivity contribution in [2.45, 2.75) is 50.1 Å². The average molecular weight is 406 g/mol. The van der Waals surface area contributed by atoms with E-state index >= 15 is 0 Å². The Bertz CT molecular complexity index is 1120. The second-order valence-electron chi connectivity index (χ2n) is 7.24. The molecule has 0 saturated heterocycles. The lowest BCUT2D eigenvalue weighted by Gasteiger charge is -2.13. The van der Waals surface area contributed by atoms with Crippen molar-refractivity contribution in [3.63, 3.8) is 0 Å². The van der Waals surface area contributed by atoms with Gasteiger partial charge in [-0.3, -0.25) is 0 Å². The van der Waals surface area contributed by atoms with Crippen LogP contribution in [0.1, 0.15) is 35.8 Å².